The summed E-state index contributed by atoms with van der Waals surface area (Å²) in [5, 5.41) is 2.68. The first-order chi connectivity index (χ1) is 10.9. The SMILES string of the molecule is CCCCCCCCC/C=C/Cc1ccc2ccccc2c1. The molecule has 0 saturated carbocycles. The zero-order valence-corrected chi connectivity index (χ0v) is 14.1. The van der Waals surface area contributed by atoms with E-state index in [1.54, 1.807) is 0 Å². The Labute approximate surface area is 136 Å². The van der Waals surface area contributed by atoms with Gasteiger partial charge in [-0.1, -0.05) is 100 Å². The highest BCUT2D eigenvalue weighted by Gasteiger charge is 1.94. The average molecular weight is 294 g/mol. The first-order valence-electron chi connectivity index (χ1n) is 9.03. The summed E-state index contributed by atoms with van der Waals surface area (Å²) in [4.78, 5) is 0. The number of hydrogen-bond donors (Lipinski definition) is 0. The Morgan fingerprint density at radius 1 is 0.727 bits per heavy atom. The summed E-state index contributed by atoms with van der Waals surface area (Å²) in [6, 6.07) is 15.4. The number of allylic oxidation sites excluding steroid dienone is 2. The largest absolute Gasteiger partial charge is 0.0882 e. The molecule has 2 aromatic rings. The summed E-state index contributed by atoms with van der Waals surface area (Å²) in [5.41, 5.74) is 1.41. The van der Waals surface area contributed by atoms with Crippen molar-refractivity contribution in [2.24, 2.45) is 0 Å². The Balaban J connectivity index is 1.62. The Bertz CT molecular complexity index is 565. The van der Waals surface area contributed by atoms with Crippen molar-refractivity contribution in [2.75, 3.05) is 0 Å². The van der Waals surface area contributed by atoms with Gasteiger partial charge in [-0.3, -0.25) is 0 Å². The van der Waals surface area contributed by atoms with Gasteiger partial charge in [-0.15, -0.1) is 0 Å². The second kappa shape index (κ2) is 10.2. The molecule has 0 aromatic heterocycles. The molecule has 0 aliphatic carbocycles. The predicted molar refractivity (Wildman–Crippen MR) is 99.4 cm³/mol. The van der Waals surface area contributed by atoms with Gasteiger partial charge in [0.1, 0.15) is 0 Å². The van der Waals surface area contributed by atoms with Gasteiger partial charge in [0.25, 0.3) is 0 Å². The molecule has 0 fully saturated rings. The number of rotatable bonds is 10. The minimum atomic E-state index is 1.06. The Kier molecular flexibility index (Phi) is 7.80. The molecule has 0 radical (unpaired) electrons. The molecule has 0 atom stereocenters. The fourth-order valence-electron chi connectivity index (χ4n) is 2.92. The second-order valence-electron chi connectivity index (χ2n) is 6.27. The van der Waals surface area contributed by atoms with Gasteiger partial charge >= 0.3 is 0 Å². The number of benzene rings is 2. The molecule has 0 saturated heterocycles. The standard InChI is InChI=1S/C22H30/c1-2-3-4-5-6-7-8-9-10-11-14-20-17-18-21-15-12-13-16-22(21)19-20/h10-13,15-19H,2-9,14H2,1H3/b11-10+. The first kappa shape index (κ1) is 16.8. The summed E-state index contributed by atoms with van der Waals surface area (Å²) in [6.07, 6.45) is 16.8. The van der Waals surface area contributed by atoms with Crippen LogP contribution in [0.2, 0.25) is 0 Å². The third-order valence-electron chi connectivity index (χ3n) is 4.31. The summed E-state index contributed by atoms with van der Waals surface area (Å²) in [7, 11) is 0. The lowest BCUT2D eigenvalue weighted by atomic mass is 10.0. The molecule has 0 spiro atoms. The lowest BCUT2D eigenvalue weighted by molar-refractivity contribution is 0.592. The smallest absolute Gasteiger partial charge is 0.00972 e. The zero-order valence-electron chi connectivity index (χ0n) is 14.1. The molecule has 0 heteroatoms. The van der Waals surface area contributed by atoms with E-state index < -0.39 is 0 Å². The Morgan fingerprint density at radius 3 is 2.27 bits per heavy atom. The fraction of sp³-hybridized carbons (Fsp3) is 0.455. The maximum atomic E-state index is 2.36. The highest BCUT2D eigenvalue weighted by Crippen LogP contribution is 2.16. The Morgan fingerprint density at radius 2 is 1.45 bits per heavy atom. The topological polar surface area (TPSA) is 0 Å². The average Bonchev–Trinajstić information content (AvgIpc) is 2.56. The van der Waals surface area contributed by atoms with Crippen molar-refractivity contribution < 1.29 is 0 Å². The summed E-state index contributed by atoms with van der Waals surface area (Å²) in [6.45, 7) is 2.28. The van der Waals surface area contributed by atoms with Crippen molar-refractivity contribution in [3.63, 3.8) is 0 Å². The summed E-state index contributed by atoms with van der Waals surface area (Å²) in [5.74, 6) is 0. The van der Waals surface area contributed by atoms with Gasteiger partial charge in [-0.2, -0.15) is 0 Å². The molecule has 0 N–H and O–H groups in total. The molecule has 0 heterocycles. The quantitative estimate of drug-likeness (QED) is 0.324. The third kappa shape index (κ3) is 6.05. The maximum absolute atomic E-state index is 2.36. The predicted octanol–water partition coefficient (Wildman–Crippen LogP) is 7.08. The van der Waals surface area contributed by atoms with Crippen molar-refractivity contribution in [3.05, 3.63) is 60.2 Å². The van der Waals surface area contributed by atoms with Crippen molar-refractivity contribution in [2.45, 2.75) is 64.7 Å². The van der Waals surface area contributed by atoms with Crippen molar-refractivity contribution >= 4 is 10.8 Å². The van der Waals surface area contributed by atoms with Crippen LogP contribution in [0.3, 0.4) is 0 Å². The number of unbranched alkanes of at least 4 members (excludes halogenated alkanes) is 7. The van der Waals surface area contributed by atoms with E-state index in [9.17, 15) is 0 Å². The van der Waals surface area contributed by atoms with E-state index in [1.165, 1.54) is 67.7 Å². The molecule has 0 unspecified atom stereocenters. The minimum Gasteiger partial charge on any atom is -0.0882 e. The van der Waals surface area contributed by atoms with Crippen LogP contribution in [-0.4, -0.2) is 0 Å². The van der Waals surface area contributed by atoms with Crippen LogP contribution in [0.15, 0.2) is 54.6 Å². The van der Waals surface area contributed by atoms with Crippen LogP contribution in [0.5, 0.6) is 0 Å². The van der Waals surface area contributed by atoms with E-state index in [1.807, 2.05) is 0 Å². The van der Waals surface area contributed by atoms with Crippen molar-refractivity contribution in [3.8, 4) is 0 Å². The Hall–Kier alpha value is -1.56. The van der Waals surface area contributed by atoms with Crippen LogP contribution >= 0.6 is 0 Å². The summed E-state index contributed by atoms with van der Waals surface area (Å²) < 4.78 is 0. The van der Waals surface area contributed by atoms with Gasteiger partial charge < -0.3 is 0 Å². The van der Waals surface area contributed by atoms with Gasteiger partial charge in [-0.05, 0) is 35.6 Å². The van der Waals surface area contributed by atoms with E-state index in [4.69, 9.17) is 0 Å². The van der Waals surface area contributed by atoms with E-state index >= 15 is 0 Å². The molecule has 0 aliphatic heterocycles. The third-order valence-corrected chi connectivity index (χ3v) is 4.31. The van der Waals surface area contributed by atoms with Crippen molar-refractivity contribution in [1.82, 2.24) is 0 Å². The van der Waals surface area contributed by atoms with E-state index in [0.29, 0.717) is 0 Å². The molecule has 0 aliphatic rings. The highest BCUT2D eigenvalue weighted by atomic mass is 14.0. The second-order valence-corrected chi connectivity index (χ2v) is 6.27. The maximum Gasteiger partial charge on any atom is -0.00972 e. The van der Waals surface area contributed by atoms with Crippen LogP contribution < -0.4 is 0 Å². The van der Waals surface area contributed by atoms with E-state index in [2.05, 4.69) is 61.5 Å². The normalized spacial score (nSPS) is 11.5. The van der Waals surface area contributed by atoms with Crippen LogP contribution in [-0.2, 0) is 6.42 Å². The van der Waals surface area contributed by atoms with Gasteiger partial charge in [0.05, 0.1) is 0 Å². The molecule has 0 amide bonds. The molecule has 2 aromatic carbocycles. The summed E-state index contributed by atoms with van der Waals surface area (Å²) >= 11 is 0. The molecular formula is C22H30. The minimum absolute atomic E-state index is 1.06. The van der Waals surface area contributed by atoms with Crippen LogP contribution in [0.1, 0.15) is 63.9 Å². The highest BCUT2D eigenvalue weighted by molar-refractivity contribution is 5.83. The van der Waals surface area contributed by atoms with Gasteiger partial charge in [0, 0.05) is 0 Å². The van der Waals surface area contributed by atoms with Crippen LogP contribution in [0, 0.1) is 0 Å². The zero-order chi connectivity index (χ0) is 15.5. The lowest BCUT2D eigenvalue weighted by Crippen LogP contribution is -1.82. The van der Waals surface area contributed by atoms with Crippen LogP contribution in [0.4, 0.5) is 0 Å². The molecular weight excluding hydrogens is 264 g/mol. The van der Waals surface area contributed by atoms with Gasteiger partial charge in [0.15, 0.2) is 0 Å². The fourth-order valence-corrected chi connectivity index (χ4v) is 2.92. The van der Waals surface area contributed by atoms with Gasteiger partial charge in [-0.25, -0.2) is 0 Å². The van der Waals surface area contributed by atoms with E-state index in [-0.39, 0.29) is 0 Å². The molecule has 0 bridgehead atoms. The van der Waals surface area contributed by atoms with Gasteiger partial charge in [0.2, 0.25) is 0 Å². The molecule has 22 heavy (non-hydrogen) atoms. The molecule has 2 rings (SSSR count). The number of hydrogen-bond acceptors (Lipinski definition) is 0. The molecule has 0 nitrogen and oxygen atoms in total. The van der Waals surface area contributed by atoms with Crippen LogP contribution in [0.25, 0.3) is 10.8 Å². The number of fused-ring (bicyclic) bond motifs is 1. The monoisotopic (exact) mass is 294 g/mol. The lowest BCUT2D eigenvalue weighted by Gasteiger charge is -2.01. The van der Waals surface area contributed by atoms with E-state index in [0.717, 1.165) is 6.42 Å². The first-order valence-corrected chi connectivity index (χ1v) is 9.03. The molecule has 118 valence electrons. The van der Waals surface area contributed by atoms with Crippen molar-refractivity contribution in [1.29, 1.82) is 0 Å².